The van der Waals surface area contributed by atoms with Gasteiger partial charge < -0.3 is 0 Å². The molecule has 0 N–H and O–H groups in total. The third kappa shape index (κ3) is 0.507. The predicted molar refractivity (Wildman–Crippen MR) is 47.1 cm³/mol. The maximum atomic E-state index is 4.53. The molecule has 3 fully saturated rings. The molecule has 0 aromatic rings. The van der Waals surface area contributed by atoms with Crippen molar-refractivity contribution in [2.75, 3.05) is 6.54 Å². The first-order chi connectivity index (χ1) is 4.76. The molecule has 2 saturated carbocycles. The second kappa shape index (κ2) is 1.54. The van der Waals surface area contributed by atoms with Crippen LogP contribution in [0.5, 0.6) is 0 Å². The maximum absolute atomic E-state index is 4.53. The first-order valence-corrected chi connectivity index (χ1v) is 4.81. The van der Waals surface area contributed by atoms with Gasteiger partial charge in [0, 0.05) is 6.54 Å². The van der Waals surface area contributed by atoms with Crippen molar-refractivity contribution in [3.63, 3.8) is 0 Å². The van der Waals surface area contributed by atoms with Crippen molar-refractivity contribution in [1.82, 2.24) is 4.31 Å². The molecule has 1 saturated heterocycles. The average molecular weight is 173 g/mol. The predicted octanol–water partition coefficient (Wildman–Crippen LogP) is 1.43. The van der Waals surface area contributed by atoms with Crippen LogP contribution in [0.2, 0.25) is 0 Å². The SMILES string of the molecule is S[C@@H]1C2C(CN1S)C21CC1. The normalized spacial score (nSPS) is 55.2. The highest BCUT2D eigenvalue weighted by atomic mass is 32.1. The molecule has 1 nitrogen and oxygen atoms in total. The molecule has 10 heavy (non-hydrogen) atoms. The van der Waals surface area contributed by atoms with E-state index in [2.05, 4.69) is 29.7 Å². The molecule has 2 aliphatic carbocycles. The number of rotatable bonds is 0. The van der Waals surface area contributed by atoms with Gasteiger partial charge in [-0.25, -0.2) is 4.31 Å². The highest BCUT2D eigenvalue weighted by Crippen LogP contribution is 2.79. The number of hydrogen-bond acceptors (Lipinski definition) is 3. The van der Waals surface area contributed by atoms with Crippen LogP contribution < -0.4 is 0 Å². The molecule has 1 heterocycles. The lowest BCUT2D eigenvalue weighted by Crippen LogP contribution is -2.21. The van der Waals surface area contributed by atoms with Crippen LogP contribution in [0.25, 0.3) is 0 Å². The Kier molecular flexibility index (Phi) is 0.958. The minimum absolute atomic E-state index is 0.454. The van der Waals surface area contributed by atoms with Crippen LogP contribution in [0, 0.1) is 17.3 Å². The Balaban J connectivity index is 1.87. The summed E-state index contributed by atoms with van der Waals surface area (Å²) < 4.78 is 2.09. The van der Waals surface area contributed by atoms with Crippen LogP contribution in [0.4, 0.5) is 0 Å². The van der Waals surface area contributed by atoms with Crippen molar-refractivity contribution in [2.45, 2.75) is 18.2 Å². The van der Waals surface area contributed by atoms with Gasteiger partial charge in [-0.1, -0.05) is 12.8 Å². The van der Waals surface area contributed by atoms with Crippen molar-refractivity contribution in [3.05, 3.63) is 0 Å². The van der Waals surface area contributed by atoms with Crippen molar-refractivity contribution >= 4 is 25.4 Å². The molecule has 0 amide bonds. The number of piperidine rings is 1. The molecule has 2 unspecified atom stereocenters. The summed E-state index contributed by atoms with van der Waals surface area (Å²) in [5, 5.41) is 0.454. The quantitative estimate of drug-likeness (QED) is 0.524. The molecule has 0 aromatic carbocycles. The van der Waals surface area contributed by atoms with E-state index in [1.165, 1.54) is 19.4 Å². The number of nitrogens with zero attached hydrogens (tertiary/aromatic N) is 1. The summed E-state index contributed by atoms with van der Waals surface area (Å²) in [5.41, 5.74) is 0.797. The minimum atomic E-state index is 0.454. The van der Waals surface area contributed by atoms with E-state index in [-0.39, 0.29) is 0 Å². The monoisotopic (exact) mass is 173 g/mol. The topological polar surface area (TPSA) is 3.24 Å². The van der Waals surface area contributed by atoms with E-state index >= 15 is 0 Å². The summed E-state index contributed by atoms with van der Waals surface area (Å²) in [6, 6.07) is 0. The molecule has 0 aromatic heterocycles. The van der Waals surface area contributed by atoms with Gasteiger partial charge in [-0.05, 0) is 30.1 Å². The van der Waals surface area contributed by atoms with E-state index in [1.54, 1.807) is 0 Å². The Morgan fingerprint density at radius 2 is 2.10 bits per heavy atom. The fourth-order valence-electron chi connectivity index (χ4n) is 2.76. The van der Waals surface area contributed by atoms with Gasteiger partial charge in [0.2, 0.25) is 0 Å². The molecule has 1 aliphatic heterocycles. The van der Waals surface area contributed by atoms with Crippen molar-refractivity contribution in [2.24, 2.45) is 17.3 Å². The average Bonchev–Trinajstić information content (AvgIpc) is 2.74. The van der Waals surface area contributed by atoms with E-state index in [4.69, 9.17) is 0 Å². The van der Waals surface area contributed by atoms with Crippen LogP contribution >= 0.6 is 25.4 Å². The smallest absolute Gasteiger partial charge is 0.0661 e. The van der Waals surface area contributed by atoms with Gasteiger partial charge in [0.05, 0.1) is 5.37 Å². The minimum Gasteiger partial charge on any atom is -0.240 e. The van der Waals surface area contributed by atoms with Crippen LogP contribution in [0.15, 0.2) is 0 Å². The zero-order chi connectivity index (χ0) is 6.93. The molecule has 3 aliphatic rings. The van der Waals surface area contributed by atoms with Crippen LogP contribution in [0.3, 0.4) is 0 Å². The van der Waals surface area contributed by atoms with Gasteiger partial charge in [0.25, 0.3) is 0 Å². The van der Waals surface area contributed by atoms with E-state index in [1.807, 2.05) is 0 Å². The van der Waals surface area contributed by atoms with Gasteiger partial charge in [-0.3, -0.25) is 0 Å². The standard InChI is InChI=1S/C7H11NS2/c9-6-5-4(3-8(6)10)7(5)1-2-7/h4-6,9-10H,1-3H2/t4?,5?,6-/m1/s1. The molecule has 3 heteroatoms. The lowest BCUT2D eigenvalue weighted by Gasteiger charge is -2.17. The third-order valence-corrected chi connectivity index (χ3v) is 4.76. The molecular formula is C7H11NS2. The first-order valence-electron chi connectivity index (χ1n) is 3.89. The third-order valence-electron chi connectivity index (χ3n) is 3.56. The van der Waals surface area contributed by atoms with E-state index in [9.17, 15) is 0 Å². The first kappa shape index (κ1) is 6.21. The van der Waals surface area contributed by atoms with E-state index in [0.29, 0.717) is 5.37 Å². The second-order valence-electron chi connectivity index (χ2n) is 3.90. The Labute approximate surface area is 72.1 Å². The van der Waals surface area contributed by atoms with Crippen LogP contribution in [-0.2, 0) is 0 Å². The summed E-state index contributed by atoms with van der Waals surface area (Å²) in [6.07, 6.45) is 2.95. The summed E-state index contributed by atoms with van der Waals surface area (Å²) in [7, 11) is 0. The van der Waals surface area contributed by atoms with Gasteiger partial charge in [0.1, 0.15) is 0 Å². The zero-order valence-electron chi connectivity index (χ0n) is 5.70. The summed E-state index contributed by atoms with van der Waals surface area (Å²) in [4.78, 5) is 0. The lowest BCUT2D eigenvalue weighted by atomic mass is 10.3. The second-order valence-corrected chi connectivity index (χ2v) is 4.94. The largest absolute Gasteiger partial charge is 0.240 e. The van der Waals surface area contributed by atoms with Crippen molar-refractivity contribution in [3.8, 4) is 0 Å². The fourth-order valence-corrected chi connectivity index (χ4v) is 3.67. The van der Waals surface area contributed by atoms with Gasteiger partial charge >= 0.3 is 0 Å². The molecule has 0 radical (unpaired) electrons. The summed E-state index contributed by atoms with van der Waals surface area (Å²) in [6.45, 7) is 1.18. The highest BCUT2D eigenvalue weighted by molar-refractivity contribution is 7.83. The Morgan fingerprint density at radius 3 is 2.50 bits per heavy atom. The Bertz CT molecular complexity index is 188. The van der Waals surface area contributed by atoms with Crippen molar-refractivity contribution < 1.29 is 0 Å². The molecular weight excluding hydrogens is 162 g/mol. The van der Waals surface area contributed by atoms with Gasteiger partial charge in [-0.15, -0.1) is 0 Å². The number of fused-ring (bicyclic) bond motifs is 3. The Morgan fingerprint density at radius 1 is 1.40 bits per heavy atom. The molecule has 3 atom stereocenters. The zero-order valence-corrected chi connectivity index (χ0v) is 7.48. The number of hydrogen-bond donors (Lipinski definition) is 2. The van der Waals surface area contributed by atoms with Gasteiger partial charge in [0.15, 0.2) is 0 Å². The molecule has 1 spiro atoms. The Hall–Kier alpha value is 0.660. The van der Waals surface area contributed by atoms with E-state index in [0.717, 1.165) is 17.3 Å². The number of thiol groups is 2. The van der Waals surface area contributed by atoms with Gasteiger partial charge in [-0.2, -0.15) is 12.6 Å². The van der Waals surface area contributed by atoms with Crippen molar-refractivity contribution in [1.29, 1.82) is 0 Å². The molecule has 56 valence electrons. The van der Waals surface area contributed by atoms with Crippen LogP contribution in [0.1, 0.15) is 12.8 Å². The fraction of sp³-hybridized carbons (Fsp3) is 1.00. The van der Waals surface area contributed by atoms with E-state index < -0.39 is 0 Å². The lowest BCUT2D eigenvalue weighted by molar-refractivity contribution is 0.433. The highest BCUT2D eigenvalue weighted by Gasteiger charge is 2.76. The molecule has 3 rings (SSSR count). The summed E-state index contributed by atoms with van der Waals surface area (Å²) in [5.74, 6) is 1.86. The summed E-state index contributed by atoms with van der Waals surface area (Å²) >= 11 is 8.87. The van der Waals surface area contributed by atoms with Crippen LogP contribution in [-0.4, -0.2) is 16.2 Å². The maximum Gasteiger partial charge on any atom is 0.0661 e. The molecule has 0 bridgehead atoms.